The molecule has 0 aromatic heterocycles. The van der Waals surface area contributed by atoms with Crippen LogP contribution in [0.4, 0.5) is 5.69 Å². The third-order valence-electron chi connectivity index (χ3n) is 3.46. The normalized spacial score (nSPS) is 13.4. The van der Waals surface area contributed by atoms with Crippen molar-refractivity contribution in [2.24, 2.45) is 5.41 Å². The number of carbonyl (C=O) groups excluding carboxylic acids is 1. The molecule has 0 aliphatic heterocycles. The van der Waals surface area contributed by atoms with Gasteiger partial charge >= 0.3 is 0 Å². The second kappa shape index (κ2) is 6.53. The number of para-hydroxylation sites is 1. The van der Waals surface area contributed by atoms with Gasteiger partial charge in [-0.05, 0) is 47.4 Å². The fourth-order valence-corrected chi connectivity index (χ4v) is 2.16. The van der Waals surface area contributed by atoms with Crippen LogP contribution in [0, 0.1) is 5.41 Å². The van der Waals surface area contributed by atoms with Crippen LogP contribution in [0.1, 0.15) is 27.7 Å². The molecule has 4 heteroatoms. The summed E-state index contributed by atoms with van der Waals surface area (Å²) in [5.41, 5.74) is 0.965. The lowest BCUT2D eigenvalue weighted by molar-refractivity contribution is -0.117. The largest absolute Gasteiger partial charge is 0.324 e. The zero-order chi connectivity index (χ0) is 14.6. The Balaban J connectivity index is 2.59. The minimum atomic E-state index is 0.00509. The number of rotatable bonds is 4. The number of amides is 1. The molecule has 0 spiro atoms. The van der Waals surface area contributed by atoms with Crippen molar-refractivity contribution < 1.29 is 4.79 Å². The van der Waals surface area contributed by atoms with Gasteiger partial charge in [0.25, 0.3) is 0 Å². The summed E-state index contributed by atoms with van der Waals surface area (Å²) < 4.78 is 0.898. The molecule has 1 atom stereocenters. The molecule has 106 valence electrons. The minimum Gasteiger partial charge on any atom is -0.324 e. The van der Waals surface area contributed by atoms with Crippen molar-refractivity contribution in [2.75, 3.05) is 18.9 Å². The van der Waals surface area contributed by atoms with E-state index in [1.165, 1.54) is 0 Å². The summed E-state index contributed by atoms with van der Waals surface area (Å²) in [5, 5.41) is 2.92. The topological polar surface area (TPSA) is 32.3 Å². The molecule has 0 saturated heterocycles. The van der Waals surface area contributed by atoms with Gasteiger partial charge in [0.05, 0.1) is 12.2 Å². The molecule has 0 aliphatic rings. The van der Waals surface area contributed by atoms with Crippen LogP contribution in [0.25, 0.3) is 0 Å². The molecule has 19 heavy (non-hydrogen) atoms. The summed E-state index contributed by atoms with van der Waals surface area (Å²) in [6.45, 7) is 9.07. The van der Waals surface area contributed by atoms with Crippen molar-refractivity contribution in [3.63, 3.8) is 0 Å². The third kappa shape index (κ3) is 4.96. The predicted molar refractivity (Wildman–Crippen MR) is 84.3 cm³/mol. The van der Waals surface area contributed by atoms with Gasteiger partial charge in [-0.15, -0.1) is 0 Å². The summed E-state index contributed by atoms with van der Waals surface area (Å²) in [5.74, 6) is 0.00509. The lowest BCUT2D eigenvalue weighted by Crippen LogP contribution is -2.43. The quantitative estimate of drug-likeness (QED) is 0.913. The molecule has 0 aliphatic carbocycles. The van der Waals surface area contributed by atoms with Crippen LogP contribution in [-0.4, -0.2) is 30.4 Å². The molecular formula is C15H23BrN2O. The Morgan fingerprint density at radius 3 is 2.47 bits per heavy atom. The smallest absolute Gasteiger partial charge is 0.238 e. The molecule has 0 bridgehead atoms. The highest BCUT2D eigenvalue weighted by Crippen LogP contribution is 2.23. The maximum Gasteiger partial charge on any atom is 0.238 e. The van der Waals surface area contributed by atoms with E-state index in [1.807, 2.05) is 31.3 Å². The summed E-state index contributed by atoms with van der Waals surface area (Å²) >= 11 is 3.42. The number of likely N-dealkylation sites (N-methyl/N-ethyl adjacent to an activating group) is 1. The summed E-state index contributed by atoms with van der Waals surface area (Å²) in [4.78, 5) is 14.1. The SMILES string of the molecule is CC(N(C)CC(=O)Nc1ccccc1Br)C(C)(C)C. The van der Waals surface area contributed by atoms with Crippen molar-refractivity contribution in [1.82, 2.24) is 4.90 Å². The van der Waals surface area contributed by atoms with Crippen molar-refractivity contribution in [2.45, 2.75) is 33.7 Å². The summed E-state index contributed by atoms with van der Waals surface area (Å²) in [6, 6.07) is 7.96. The van der Waals surface area contributed by atoms with E-state index in [1.54, 1.807) is 0 Å². The molecule has 1 aromatic rings. The van der Waals surface area contributed by atoms with Gasteiger partial charge in [-0.2, -0.15) is 0 Å². The first-order chi connectivity index (χ1) is 8.71. The Bertz CT molecular complexity index is 440. The Labute approximate surface area is 124 Å². The van der Waals surface area contributed by atoms with Gasteiger partial charge in [0.15, 0.2) is 0 Å². The summed E-state index contributed by atoms with van der Waals surface area (Å²) in [7, 11) is 1.98. The molecule has 0 fully saturated rings. The van der Waals surface area contributed by atoms with E-state index >= 15 is 0 Å². The Morgan fingerprint density at radius 1 is 1.37 bits per heavy atom. The van der Waals surface area contributed by atoms with Crippen molar-refractivity contribution in [3.05, 3.63) is 28.7 Å². The van der Waals surface area contributed by atoms with E-state index in [9.17, 15) is 4.79 Å². The van der Waals surface area contributed by atoms with Crippen LogP contribution >= 0.6 is 15.9 Å². The number of carbonyl (C=O) groups is 1. The second-order valence-electron chi connectivity index (χ2n) is 5.99. The highest BCUT2D eigenvalue weighted by molar-refractivity contribution is 9.10. The zero-order valence-electron chi connectivity index (χ0n) is 12.3. The molecular weight excluding hydrogens is 304 g/mol. The van der Waals surface area contributed by atoms with E-state index in [0.717, 1.165) is 10.2 Å². The van der Waals surface area contributed by atoms with Crippen LogP contribution in [-0.2, 0) is 4.79 Å². The van der Waals surface area contributed by atoms with Gasteiger partial charge < -0.3 is 5.32 Å². The van der Waals surface area contributed by atoms with Gasteiger partial charge in [0.2, 0.25) is 5.91 Å². The number of nitrogens with zero attached hydrogens (tertiary/aromatic N) is 1. The van der Waals surface area contributed by atoms with Crippen molar-refractivity contribution >= 4 is 27.5 Å². The molecule has 0 radical (unpaired) electrons. The van der Waals surface area contributed by atoms with Gasteiger partial charge in [-0.25, -0.2) is 0 Å². The molecule has 1 unspecified atom stereocenters. The first kappa shape index (κ1) is 16.2. The maximum atomic E-state index is 12.0. The maximum absolute atomic E-state index is 12.0. The molecule has 1 aromatic carbocycles. The fourth-order valence-electron chi connectivity index (χ4n) is 1.78. The second-order valence-corrected chi connectivity index (χ2v) is 6.84. The number of halogens is 1. The van der Waals surface area contributed by atoms with Gasteiger partial charge in [0, 0.05) is 10.5 Å². The lowest BCUT2D eigenvalue weighted by Gasteiger charge is -2.34. The van der Waals surface area contributed by atoms with Crippen LogP contribution in [0.15, 0.2) is 28.7 Å². The van der Waals surface area contributed by atoms with E-state index < -0.39 is 0 Å². The highest BCUT2D eigenvalue weighted by Gasteiger charge is 2.25. The number of hydrogen-bond acceptors (Lipinski definition) is 2. The van der Waals surface area contributed by atoms with Gasteiger partial charge in [-0.3, -0.25) is 9.69 Å². The van der Waals surface area contributed by atoms with Crippen LogP contribution in [0.3, 0.4) is 0 Å². The van der Waals surface area contributed by atoms with Gasteiger partial charge in [0.1, 0.15) is 0 Å². The first-order valence-electron chi connectivity index (χ1n) is 6.46. The Morgan fingerprint density at radius 2 is 1.95 bits per heavy atom. The number of benzene rings is 1. The molecule has 1 N–H and O–H groups in total. The molecule has 0 saturated carbocycles. The fraction of sp³-hybridized carbons (Fsp3) is 0.533. The van der Waals surface area contributed by atoms with Crippen LogP contribution < -0.4 is 5.32 Å². The average Bonchev–Trinajstić information content (AvgIpc) is 2.29. The first-order valence-corrected chi connectivity index (χ1v) is 7.25. The van der Waals surface area contributed by atoms with E-state index in [4.69, 9.17) is 0 Å². The molecule has 1 rings (SSSR count). The van der Waals surface area contributed by atoms with Crippen molar-refractivity contribution in [1.29, 1.82) is 0 Å². The van der Waals surface area contributed by atoms with Crippen LogP contribution in [0.2, 0.25) is 0 Å². The predicted octanol–water partition coefficient (Wildman–Crippen LogP) is 3.75. The van der Waals surface area contributed by atoms with E-state index in [-0.39, 0.29) is 11.3 Å². The average molecular weight is 327 g/mol. The van der Waals surface area contributed by atoms with E-state index in [2.05, 4.69) is 53.8 Å². The number of nitrogens with one attached hydrogen (secondary N) is 1. The minimum absolute atomic E-state index is 0.00509. The van der Waals surface area contributed by atoms with Crippen molar-refractivity contribution in [3.8, 4) is 0 Å². The van der Waals surface area contributed by atoms with Gasteiger partial charge in [-0.1, -0.05) is 32.9 Å². The van der Waals surface area contributed by atoms with Crippen LogP contribution in [0.5, 0.6) is 0 Å². The number of hydrogen-bond donors (Lipinski definition) is 1. The molecule has 3 nitrogen and oxygen atoms in total. The standard InChI is InChI=1S/C15H23BrN2O/c1-11(15(2,3)4)18(5)10-14(19)17-13-9-7-6-8-12(13)16/h6-9,11H,10H2,1-5H3,(H,17,19). The lowest BCUT2D eigenvalue weighted by atomic mass is 9.87. The monoisotopic (exact) mass is 326 g/mol. The zero-order valence-corrected chi connectivity index (χ0v) is 13.9. The highest BCUT2D eigenvalue weighted by atomic mass is 79.9. The number of anilines is 1. The Hall–Kier alpha value is -0.870. The Kier molecular flexibility index (Phi) is 5.56. The van der Waals surface area contributed by atoms with E-state index in [0.29, 0.717) is 12.6 Å². The molecule has 0 heterocycles. The third-order valence-corrected chi connectivity index (χ3v) is 4.15. The summed E-state index contributed by atoms with van der Waals surface area (Å²) in [6.07, 6.45) is 0. The molecule has 1 amide bonds.